The number of nitrogens with zero attached hydrogens (tertiary/aromatic N) is 2. The smallest absolute Gasteiger partial charge is 0.246 e. The topological polar surface area (TPSA) is 40.6 Å². The molecule has 0 spiro atoms. The van der Waals surface area contributed by atoms with E-state index < -0.39 is 5.41 Å². The first-order valence-electron chi connectivity index (χ1n) is 7.98. The zero-order valence-corrected chi connectivity index (χ0v) is 14.5. The highest BCUT2D eigenvalue weighted by atomic mass is 32.2. The molecule has 5 heteroatoms. The Morgan fingerprint density at radius 2 is 1.86 bits per heavy atom. The Bertz CT molecular complexity index is 406. The number of hydrogen-bond acceptors (Lipinski definition) is 3. The van der Waals surface area contributed by atoms with Crippen molar-refractivity contribution < 1.29 is 9.59 Å². The van der Waals surface area contributed by atoms with Crippen LogP contribution in [0.25, 0.3) is 0 Å². The summed E-state index contributed by atoms with van der Waals surface area (Å²) in [7, 11) is 0. The molecule has 2 amide bonds. The number of likely N-dealkylation sites (tertiary alicyclic amines) is 1. The van der Waals surface area contributed by atoms with Gasteiger partial charge >= 0.3 is 0 Å². The fourth-order valence-corrected chi connectivity index (χ4v) is 4.12. The van der Waals surface area contributed by atoms with Crippen molar-refractivity contribution in [1.82, 2.24) is 9.80 Å². The molecule has 0 aromatic carbocycles. The van der Waals surface area contributed by atoms with Gasteiger partial charge in [0.25, 0.3) is 0 Å². The Labute approximate surface area is 132 Å². The number of carbonyl (C=O) groups excluding carboxylic acids is 2. The molecule has 4 nitrogen and oxygen atoms in total. The highest BCUT2D eigenvalue weighted by Crippen LogP contribution is 2.29. The second kappa shape index (κ2) is 6.59. The van der Waals surface area contributed by atoms with Crippen LogP contribution in [0.3, 0.4) is 0 Å². The minimum absolute atomic E-state index is 0.0917. The summed E-state index contributed by atoms with van der Waals surface area (Å²) in [6.07, 6.45) is 3.37. The van der Waals surface area contributed by atoms with Crippen molar-refractivity contribution in [2.24, 2.45) is 11.3 Å². The van der Waals surface area contributed by atoms with E-state index in [1.54, 1.807) is 16.7 Å². The third-order valence-electron chi connectivity index (χ3n) is 4.40. The van der Waals surface area contributed by atoms with Crippen LogP contribution in [0, 0.1) is 11.3 Å². The third-order valence-corrected chi connectivity index (χ3v) is 5.41. The first kappa shape index (κ1) is 16.7. The average molecular weight is 312 g/mol. The van der Waals surface area contributed by atoms with Crippen molar-refractivity contribution in [3.05, 3.63) is 0 Å². The molecule has 0 aromatic heterocycles. The van der Waals surface area contributed by atoms with Crippen LogP contribution < -0.4 is 0 Å². The quantitative estimate of drug-likeness (QED) is 0.747. The van der Waals surface area contributed by atoms with Crippen molar-refractivity contribution in [2.75, 3.05) is 24.7 Å². The first-order valence-corrected chi connectivity index (χ1v) is 9.14. The standard InChI is InChI=1S/C16H28N2O2S/c1-12-6-5-8-17(9-7-12)14(19)13-10-21-11-18(13)15(20)16(2,3)4/h12-13H,5-11H2,1-4H3. The molecule has 0 saturated carbocycles. The predicted octanol–water partition coefficient (Wildman–Crippen LogP) is 2.58. The molecular formula is C16H28N2O2S. The first-order chi connectivity index (χ1) is 9.80. The Hall–Kier alpha value is -0.710. The SMILES string of the molecule is CC1CCCN(C(=O)C2CSCN2C(=O)C(C)(C)C)CC1. The van der Waals surface area contributed by atoms with Gasteiger partial charge in [-0.15, -0.1) is 11.8 Å². The van der Waals surface area contributed by atoms with Gasteiger partial charge < -0.3 is 9.80 Å². The summed E-state index contributed by atoms with van der Waals surface area (Å²) >= 11 is 1.69. The number of amides is 2. The van der Waals surface area contributed by atoms with Gasteiger partial charge in [-0.05, 0) is 25.2 Å². The summed E-state index contributed by atoms with van der Waals surface area (Å²) < 4.78 is 0. The number of thioether (sulfide) groups is 1. The molecule has 2 atom stereocenters. The van der Waals surface area contributed by atoms with Crippen LogP contribution in [0.4, 0.5) is 0 Å². The lowest BCUT2D eigenvalue weighted by Gasteiger charge is -2.32. The predicted molar refractivity (Wildman–Crippen MR) is 87.0 cm³/mol. The number of rotatable bonds is 1. The van der Waals surface area contributed by atoms with Crippen LogP contribution in [-0.2, 0) is 9.59 Å². The van der Waals surface area contributed by atoms with E-state index in [2.05, 4.69) is 6.92 Å². The van der Waals surface area contributed by atoms with Gasteiger partial charge in [-0.2, -0.15) is 0 Å². The molecule has 120 valence electrons. The highest BCUT2D eigenvalue weighted by Gasteiger charge is 2.40. The van der Waals surface area contributed by atoms with Gasteiger partial charge in [0.1, 0.15) is 6.04 Å². The molecule has 2 saturated heterocycles. The van der Waals surface area contributed by atoms with E-state index in [-0.39, 0.29) is 17.9 Å². The van der Waals surface area contributed by atoms with Gasteiger partial charge in [0, 0.05) is 24.3 Å². The van der Waals surface area contributed by atoms with E-state index in [0.29, 0.717) is 11.8 Å². The van der Waals surface area contributed by atoms with Crippen molar-refractivity contribution in [1.29, 1.82) is 0 Å². The molecule has 2 unspecified atom stereocenters. The molecular weight excluding hydrogens is 284 g/mol. The largest absolute Gasteiger partial charge is 0.341 e. The molecule has 2 aliphatic rings. The molecule has 0 N–H and O–H groups in total. The summed E-state index contributed by atoms with van der Waals surface area (Å²) in [5.74, 6) is 2.34. The van der Waals surface area contributed by atoms with Crippen molar-refractivity contribution in [3.8, 4) is 0 Å². The summed E-state index contributed by atoms with van der Waals surface area (Å²) in [6.45, 7) is 9.73. The van der Waals surface area contributed by atoms with Crippen LogP contribution in [0.15, 0.2) is 0 Å². The van der Waals surface area contributed by atoms with E-state index in [9.17, 15) is 9.59 Å². The number of carbonyl (C=O) groups is 2. The van der Waals surface area contributed by atoms with E-state index in [1.807, 2.05) is 25.7 Å². The highest BCUT2D eigenvalue weighted by molar-refractivity contribution is 7.99. The lowest BCUT2D eigenvalue weighted by atomic mass is 9.94. The lowest BCUT2D eigenvalue weighted by Crippen LogP contribution is -2.51. The van der Waals surface area contributed by atoms with Gasteiger partial charge in [0.2, 0.25) is 11.8 Å². The number of hydrogen-bond donors (Lipinski definition) is 0. The summed E-state index contributed by atoms with van der Waals surface area (Å²) in [5, 5.41) is 0. The Balaban J connectivity index is 2.05. The lowest BCUT2D eigenvalue weighted by molar-refractivity contribution is -0.147. The van der Waals surface area contributed by atoms with Crippen molar-refractivity contribution in [2.45, 2.75) is 53.0 Å². The van der Waals surface area contributed by atoms with Gasteiger partial charge in [-0.25, -0.2) is 0 Å². The fourth-order valence-electron chi connectivity index (χ4n) is 2.97. The minimum Gasteiger partial charge on any atom is -0.341 e. The molecule has 0 radical (unpaired) electrons. The fraction of sp³-hybridized carbons (Fsp3) is 0.875. The van der Waals surface area contributed by atoms with Gasteiger partial charge in [0.15, 0.2) is 0 Å². The zero-order valence-electron chi connectivity index (χ0n) is 13.7. The molecule has 2 aliphatic heterocycles. The zero-order chi connectivity index (χ0) is 15.6. The van der Waals surface area contributed by atoms with Gasteiger partial charge in [0.05, 0.1) is 5.88 Å². The van der Waals surface area contributed by atoms with Crippen molar-refractivity contribution in [3.63, 3.8) is 0 Å². The van der Waals surface area contributed by atoms with Crippen molar-refractivity contribution >= 4 is 23.6 Å². The van der Waals surface area contributed by atoms with Crippen LogP contribution in [0.1, 0.15) is 47.0 Å². The molecule has 0 aliphatic carbocycles. The monoisotopic (exact) mass is 312 g/mol. The molecule has 0 aromatic rings. The summed E-state index contributed by atoms with van der Waals surface area (Å²) in [5.41, 5.74) is -0.420. The molecule has 2 rings (SSSR count). The van der Waals surface area contributed by atoms with Crippen LogP contribution >= 0.6 is 11.8 Å². The molecule has 21 heavy (non-hydrogen) atoms. The van der Waals surface area contributed by atoms with E-state index >= 15 is 0 Å². The maximum Gasteiger partial charge on any atom is 0.246 e. The maximum atomic E-state index is 12.8. The van der Waals surface area contributed by atoms with E-state index in [0.717, 1.165) is 31.7 Å². The second-order valence-electron chi connectivity index (χ2n) is 7.40. The maximum absolute atomic E-state index is 12.8. The Morgan fingerprint density at radius 3 is 2.52 bits per heavy atom. The summed E-state index contributed by atoms with van der Waals surface area (Å²) in [4.78, 5) is 29.1. The normalized spacial score (nSPS) is 27.6. The van der Waals surface area contributed by atoms with Crippen LogP contribution in [0.5, 0.6) is 0 Å². The summed E-state index contributed by atoms with van der Waals surface area (Å²) in [6, 6.07) is -0.255. The Morgan fingerprint density at radius 1 is 1.14 bits per heavy atom. The van der Waals surface area contributed by atoms with Crippen LogP contribution in [-0.4, -0.2) is 52.4 Å². The second-order valence-corrected chi connectivity index (χ2v) is 8.40. The third kappa shape index (κ3) is 3.93. The molecule has 2 fully saturated rings. The average Bonchev–Trinajstić information content (AvgIpc) is 2.79. The van der Waals surface area contributed by atoms with E-state index in [4.69, 9.17) is 0 Å². The molecule has 2 heterocycles. The van der Waals surface area contributed by atoms with Gasteiger partial charge in [-0.1, -0.05) is 27.7 Å². The van der Waals surface area contributed by atoms with Gasteiger partial charge in [-0.3, -0.25) is 9.59 Å². The van der Waals surface area contributed by atoms with Crippen LogP contribution in [0.2, 0.25) is 0 Å². The molecule has 0 bridgehead atoms. The minimum atomic E-state index is -0.420. The van der Waals surface area contributed by atoms with E-state index in [1.165, 1.54) is 6.42 Å². The Kier molecular flexibility index (Phi) is 5.23.